The van der Waals surface area contributed by atoms with E-state index >= 15 is 0 Å². The van der Waals surface area contributed by atoms with Crippen molar-refractivity contribution in [3.05, 3.63) is 22.4 Å². The highest BCUT2D eigenvalue weighted by molar-refractivity contribution is 9.10. The third-order valence-electron chi connectivity index (χ3n) is 4.36. The van der Waals surface area contributed by atoms with E-state index in [0.717, 1.165) is 18.9 Å². The highest BCUT2D eigenvalue weighted by atomic mass is 79.9. The molecule has 4 nitrogen and oxygen atoms in total. The molecular formula is C13H16BrFN2O2S. The molecule has 1 aliphatic heterocycles. The van der Waals surface area contributed by atoms with Gasteiger partial charge in [-0.15, -0.1) is 0 Å². The molecule has 0 radical (unpaired) electrons. The number of anilines is 1. The van der Waals surface area contributed by atoms with Crippen molar-refractivity contribution in [2.75, 3.05) is 18.8 Å². The summed E-state index contributed by atoms with van der Waals surface area (Å²) in [5, 5.41) is 0. The number of rotatable bonds is 2. The monoisotopic (exact) mass is 362 g/mol. The molecule has 1 saturated carbocycles. The summed E-state index contributed by atoms with van der Waals surface area (Å²) in [6, 6.07) is 2.31. The lowest BCUT2D eigenvalue weighted by atomic mass is 10.0. The van der Waals surface area contributed by atoms with Crippen LogP contribution in [0, 0.1) is 17.7 Å². The summed E-state index contributed by atoms with van der Waals surface area (Å²) in [5.41, 5.74) is 5.35. The molecule has 1 aliphatic carbocycles. The van der Waals surface area contributed by atoms with E-state index in [0.29, 0.717) is 24.9 Å². The number of benzene rings is 1. The molecular weight excluding hydrogens is 347 g/mol. The minimum atomic E-state index is -3.61. The Kier molecular flexibility index (Phi) is 3.54. The van der Waals surface area contributed by atoms with E-state index in [1.54, 1.807) is 0 Å². The summed E-state index contributed by atoms with van der Waals surface area (Å²) in [6.07, 6.45) is 3.39. The van der Waals surface area contributed by atoms with Gasteiger partial charge < -0.3 is 5.73 Å². The zero-order valence-corrected chi connectivity index (χ0v) is 13.3. The summed E-state index contributed by atoms with van der Waals surface area (Å²) in [4.78, 5) is 0.0522. The first-order valence-electron chi connectivity index (χ1n) is 6.64. The Bertz CT molecular complexity index is 638. The van der Waals surface area contributed by atoms with Gasteiger partial charge in [-0.2, -0.15) is 4.31 Å². The molecule has 110 valence electrons. The maximum Gasteiger partial charge on any atom is 0.244 e. The fraction of sp³-hybridized carbons (Fsp3) is 0.538. The minimum Gasteiger partial charge on any atom is -0.396 e. The Labute approximate surface area is 126 Å². The number of sulfonamides is 1. The molecule has 7 heteroatoms. The SMILES string of the molecule is Nc1cc(S(=O)(=O)N2CC3CCCC3C2)c(Br)cc1F. The van der Waals surface area contributed by atoms with Crippen LogP contribution in [0.3, 0.4) is 0 Å². The van der Waals surface area contributed by atoms with Crippen LogP contribution in [0.4, 0.5) is 10.1 Å². The minimum absolute atomic E-state index is 0.0522. The summed E-state index contributed by atoms with van der Waals surface area (Å²) < 4.78 is 40.4. The molecule has 0 spiro atoms. The topological polar surface area (TPSA) is 63.4 Å². The van der Waals surface area contributed by atoms with E-state index in [1.807, 2.05) is 0 Å². The van der Waals surface area contributed by atoms with Crippen molar-refractivity contribution in [2.24, 2.45) is 11.8 Å². The third-order valence-corrected chi connectivity index (χ3v) is 7.15. The van der Waals surface area contributed by atoms with Crippen molar-refractivity contribution in [1.29, 1.82) is 0 Å². The standard InChI is InChI=1S/C13H16BrFN2O2S/c14-10-4-11(15)12(16)5-13(10)20(18,19)17-6-8-2-1-3-9(8)7-17/h4-5,8-9H,1-3,6-7,16H2. The highest BCUT2D eigenvalue weighted by Gasteiger charge is 2.42. The number of nitrogens with zero attached hydrogens (tertiary/aromatic N) is 1. The van der Waals surface area contributed by atoms with Crippen LogP contribution in [0.5, 0.6) is 0 Å². The molecule has 1 aromatic rings. The van der Waals surface area contributed by atoms with Crippen LogP contribution in [-0.4, -0.2) is 25.8 Å². The zero-order chi connectivity index (χ0) is 14.5. The summed E-state index contributed by atoms with van der Waals surface area (Å²) in [5.74, 6) is 0.330. The second kappa shape index (κ2) is 4.96. The Morgan fingerprint density at radius 2 is 1.85 bits per heavy atom. The Morgan fingerprint density at radius 1 is 1.25 bits per heavy atom. The molecule has 20 heavy (non-hydrogen) atoms. The van der Waals surface area contributed by atoms with Crippen molar-refractivity contribution >= 4 is 31.6 Å². The van der Waals surface area contributed by atoms with Gasteiger partial charge >= 0.3 is 0 Å². The first-order chi connectivity index (χ1) is 9.39. The maximum absolute atomic E-state index is 13.3. The Balaban J connectivity index is 1.95. The third kappa shape index (κ3) is 2.25. The van der Waals surface area contributed by atoms with Gasteiger partial charge in [0.1, 0.15) is 5.82 Å². The van der Waals surface area contributed by atoms with Crippen molar-refractivity contribution in [3.63, 3.8) is 0 Å². The number of fused-ring (bicyclic) bond motifs is 1. The first-order valence-corrected chi connectivity index (χ1v) is 8.87. The van der Waals surface area contributed by atoms with Crippen molar-refractivity contribution < 1.29 is 12.8 Å². The molecule has 2 aliphatic rings. The molecule has 1 aromatic carbocycles. The van der Waals surface area contributed by atoms with Crippen molar-refractivity contribution in [2.45, 2.75) is 24.2 Å². The van der Waals surface area contributed by atoms with Gasteiger partial charge in [0, 0.05) is 17.6 Å². The van der Waals surface area contributed by atoms with Crippen molar-refractivity contribution in [1.82, 2.24) is 4.31 Å². The average Bonchev–Trinajstić information content (AvgIpc) is 2.94. The molecule has 0 amide bonds. The predicted molar refractivity (Wildman–Crippen MR) is 78.1 cm³/mol. The van der Waals surface area contributed by atoms with Crippen LogP contribution in [0.15, 0.2) is 21.5 Å². The quantitative estimate of drug-likeness (QED) is 0.822. The van der Waals surface area contributed by atoms with Crippen LogP contribution in [-0.2, 0) is 10.0 Å². The van der Waals surface area contributed by atoms with E-state index in [1.165, 1.54) is 16.8 Å². The van der Waals surface area contributed by atoms with Gasteiger partial charge in [-0.3, -0.25) is 0 Å². The second-order valence-corrected chi connectivity index (χ2v) is 8.34. The number of nitrogens with two attached hydrogens (primary N) is 1. The molecule has 1 heterocycles. The molecule has 2 N–H and O–H groups in total. The summed E-state index contributed by atoms with van der Waals surface area (Å²) >= 11 is 3.12. The van der Waals surface area contributed by atoms with E-state index in [9.17, 15) is 12.8 Å². The lowest BCUT2D eigenvalue weighted by Gasteiger charge is -2.18. The molecule has 1 saturated heterocycles. The van der Waals surface area contributed by atoms with Crippen LogP contribution >= 0.6 is 15.9 Å². The van der Waals surface area contributed by atoms with Crippen LogP contribution < -0.4 is 5.73 Å². The van der Waals surface area contributed by atoms with Gasteiger partial charge in [0.2, 0.25) is 10.0 Å². The number of hydrogen-bond acceptors (Lipinski definition) is 3. The molecule has 0 bridgehead atoms. The number of halogens is 2. The Hall–Kier alpha value is -0.660. The highest BCUT2D eigenvalue weighted by Crippen LogP contribution is 2.40. The number of nitrogen functional groups attached to an aromatic ring is 1. The van der Waals surface area contributed by atoms with E-state index in [2.05, 4.69) is 15.9 Å². The van der Waals surface area contributed by atoms with Crippen LogP contribution in [0.2, 0.25) is 0 Å². The molecule has 2 fully saturated rings. The van der Waals surface area contributed by atoms with E-state index in [-0.39, 0.29) is 15.1 Å². The summed E-state index contributed by atoms with van der Waals surface area (Å²) in [6.45, 7) is 1.13. The van der Waals surface area contributed by atoms with Gasteiger partial charge in [-0.1, -0.05) is 6.42 Å². The van der Waals surface area contributed by atoms with Gasteiger partial charge in [0.15, 0.2) is 0 Å². The lowest BCUT2D eigenvalue weighted by molar-refractivity contribution is 0.445. The molecule has 3 rings (SSSR count). The van der Waals surface area contributed by atoms with Crippen molar-refractivity contribution in [3.8, 4) is 0 Å². The van der Waals surface area contributed by atoms with Crippen LogP contribution in [0.25, 0.3) is 0 Å². The fourth-order valence-corrected chi connectivity index (χ4v) is 5.83. The summed E-state index contributed by atoms with van der Waals surface area (Å²) in [7, 11) is -3.61. The molecule has 2 unspecified atom stereocenters. The van der Waals surface area contributed by atoms with E-state index < -0.39 is 15.8 Å². The first kappa shape index (κ1) is 14.3. The zero-order valence-electron chi connectivity index (χ0n) is 10.9. The van der Waals surface area contributed by atoms with Crippen LogP contribution in [0.1, 0.15) is 19.3 Å². The fourth-order valence-electron chi connectivity index (χ4n) is 3.27. The second-order valence-electron chi connectivity index (χ2n) is 5.58. The van der Waals surface area contributed by atoms with E-state index in [4.69, 9.17) is 5.73 Å². The predicted octanol–water partition coefficient (Wildman–Crippen LogP) is 2.59. The van der Waals surface area contributed by atoms with Gasteiger partial charge in [-0.25, -0.2) is 12.8 Å². The lowest BCUT2D eigenvalue weighted by Crippen LogP contribution is -2.30. The molecule has 2 atom stereocenters. The number of hydrogen-bond donors (Lipinski definition) is 1. The largest absolute Gasteiger partial charge is 0.396 e. The van der Waals surface area contributed by atoms with Gasteiger partial charge in [-0.05, 0) is 52.7 Å². The molecule has 0 aromatic heterocycles. The van der Waals surface area contributed by atoms with Gasteiger partial charge in [0.05, 0.1) is 10.6 Å². The normalized spacial score (nSPS) is 26.9. The average molecular weight is 363 g/mol. The Morgan fingerprint density at radius 3 is 2.45 bits per heavy atom. The maximum atomic E-state index is 13.3. The smallest absolute Gasteiger partial charge is 0.244 e. The van der Waals surface area contributed by atoms with Gasteiger partial charge in [0.25, 0.3) is 0 Å².